The van der Waals surface area contributed by atoms with Crippen molar-refractivity contribution < 1.29 is 4.11 Å². The average Bonchev–Trinajstić information content (AvgIpc) is 4.12. The minimum atomic E-state index is -2.28. The predicted octanol–water partition coefficient (Wildman–Crippen LogP) is 20.9. The number of nitrogens with zero attached hydrogens (tertiary/aromatic N) is 1. The first-order valence-electron chi connectivity index (χ1n) is 26.1. The van der Waals surface area contributed by atoms with Crippen LogP contribution in [0.5, 0.6) is 0 Å². The van der Waals surface area contributed by atoms with Crippen molar-refractivity contribution in [1.82, 2.24) is 0 Å². The van der Waals surface area contributed by atoms with E-state index in [4.69, 9.17) is 9.37 Å². The van der Waals surface area contributed by atoms with Crippen LogP contribution in [0.15, 0.2) is 121 Å². The van der Waals surface area contributed by atoms with Crippen LogP contribution in [0.1, 0.15) is 111 Å². The number of rotatable bonds is 8. The van der Waals surface area contributed by atoms with E-state index in [0.717, 1.165) is 0 Å². The third-order valence-electron chi connectivity index (χ3n) is 13.8. The molecular weight excluding hydrogens is 935 g/mol. The van der Waals surface area contributed by atoms with Crippen molar-refractivity contribution >= 4 is 148 Å². The number of aryl methyl sites for hydroxylation is 2. The molecule has 0 aliphatic heterocycles. The van der Waals surface area contributed by atoms with Crippen molar-refractivity contribution in [2.75, 3.05) is 0 Å². The summed E-state index contributed by atoms with van der Waals surface area (Å²) in [4.78, 5) is 0. The van der Waals surface area contributed by atoms with Crippen LogP contribution in [0.3, 0.4) is 0 Å². The summed E-state index contributed by atoms with van der Waals surface area (Å²) in [6, 6.07) is 48.6. The number of nitriles is 1. The van der Waals surface area contributed by atoms with Gasteiger partial charge in [-0.2, -0.15) is 5.26 Å². The molecule has 4 aromatic heterocycles. The lowest BCUT2D eigenvalue weighted by atomic mass is 9.93. The summed E-state index contributed by atoms with van der Waals surface area (Å²) in [5, 5.41) is 24.4. The molecule has 0 saturated carbocycles. The second kappa shape index (κ2) is 21.0. The minimum absolute atomic E-state index is 0.629. The molecule has 0 bridgehead atoms. The van der Waals surface area contributed by atoms with Crippen LogP contribution in [-0.4, -0.2) is 0 Å². The lowest BCUT2D eigenvalue weighted by Gasteiger charge is -2.12. The van der Waals surface area contributed by atoms with Crippen molar-refractivity contribution in [1.29, 1.82) is 5.26 Å². The van der Waals surface area contributed by atoms with E-state index in [1.165, 1.54) is 163 Å². The molecule has 2 atom stereocenters. The maximum absolute atomic E-state index is 7.93. The molecular formula is C66H55NS4. The summed E-state index contributed by atoms with van der Waals surface area (Å²) < 4.78 is 31.4. The van der Waals surface area contributed by atoms with Crippen LogP contribution < -0.4 is 0 Å². The number of benzene rings is 8. The van der Waals surface area contributed by atoms with Crippen LogP contribution in [0.4, 0.5) is 0 Å². The number of hydrogen-bond donors (Lipinski definition) is 0. The highest BCUT2D eigenvalue weighted by atomic mass is 32.1. The van der Waals surface area contributed by atoms with Gasteiger partial charge in [0.15, 0.2) is 6.07 Å². The Labute approximate surface area is 438 Å². The number of unbranched alkanes of at least 4 members (excludes halogenated alkanes) is 2. The Hall–Kier alpha value is -6.67. The van der Waals surface area contributed by atoms with E-state index < -0.39 is 6.85 Å². The highest BCUT2D eigenvalue weighted by Crippen LogP contribution is 2.48. The summed E-state index contributed by atoms with van der Waals surface area (Å²) in [7, 11) is 0. The summed E-state index contributed by atoms with van der Waals surface area (Å²) >= 11 is 7.84. The van der Waals surface area contributed by atoms with Crippen LogP contribution in [0.2, 0.25) is 0 Å². The molecule has 12 aromatic rings. The average molecular weight is 995 g/mol. The van der Waals surface area contributed by atoms with Crippen molar-refractivity contribution in [3.63, 3.8) is 0 Å². The molecule has 0 saturated heterocycles. The monoisotopic (exact) mass is 994 g/mol. The van der Waals surface area contributed by atoms with Gasteiger partial charge in [0, 0.05) is 62.2 Å². The Balaban J connectivity index is 0.000000144. The Morgan fingerprint density at radius 1 is 0.465 bits per heavy atom. The first-order valence-corrected chi connectivity index (χ1v) is 27.9. The topological polar surface area (TPSA) is 23.8 Å². The van der Waals surface area contributed by atoms with Gasteiger partial charge in [-0.25, -0.2) is 0 Å². The van der Waals surface area contributed by atoms with Crippen molar-refractivity contribution in [2.45, 2.75) is 98.8 Å². The van der Waals surface area contributed by atoms with Crippen LogP contribution in [0.25, 0.3) is 102 Å². The highest BCUT2D eigenvalue weighted by Gasteiger charge is 2.17. The van der Waals surface area contributed by atoms with Gasteiger partial charge in [0.2, 0.25) is 0 Å². The molecule has 348 valence electrons. The lowest BCUT2D eigenvalue weighted by Crippen LogP contribution is -1.93. The molecule has 12 rings (SSSR count). The quantitative estimate of drug-likeness (QED) is 0.139. The van der Waals surface area contributed by atoms with Gasteiger partial charge in [-0.1, -0.05) is 143 Å². The Morgan fingerprint density at radius 3 is 1.18 bits per heavy atom. The maximum Gasteiger partial charge on any atom is 0.153 e. The lowest BCUT2D eigenvalue weighted by molar-refractivity contribution is 0.625. The summed E-state index contributed by atoms with van der Waals surface area (Å²) in [5.74, 6) is 13.8. The SMILES string of the molecule is CCCCC(C)c1ccc2cc3c(cc2c1)sc1c2cc4ccc(C(C)CCCC)cc4cc2sc31.Cc1ccc2cc3c(cc2c1)sc1c2cc4ccc(C)cc4cc2sc31.[2H]C([3H])([3H])C#CC#CC#CC#N. The van der Waals surface area contributed by atoms with E-state index >= 15 is 0 Å². The molecule has 0 fully saturated rings. The van der Waals surface area contributed by atoms with Gasteiger partial charge in [-0.05, 0) is 160 Å². The molecule has 5 heteroatoms. The van der Waals surface area contributed by atoms with E-state index in [0.29, 0.717) is 11.8 Å². The fraction of sp³-hybridized carbons (Fsp3) is 0.227. The van der Waals surface area contributed by atoms with Gasteiger partial charge >= 0.3 is 0 Å². The molecule has 0 aliphatic carbocycles. The second-order valence-electron chi connectivity index (χ2n) is 19.0. The Morgan fingerprint density at radius 2 is 0.817 bits per heavy atom. The maximum atomic E-state index is 7.93. The molecule has 0 radical (unpaired) electrons. The van der Waals surface area contributed by atoms with E-state index in [2.05, 4.69) is 187 Å². The summed E-state index contributed by atoms with van der Waals surface area (Å²) in [5.41, 5.74) is 5.60. The zero-order valence-corrected chi connectivity index (χ0v) is 44.3. The molecule has 0 spiro atoms. The third kappa shape index (κ3) is 9.87. The third-order valence-corrected chi connectivity index (χ3v) is 18.8. The zero-order valence-electron chi connectivity index (χ0n) is 44.0. The fourth-order valence-electron chi connectivity index (χ4n) is 9.88. The first kappa shape index (κ1) is 44.3. The molecule has 1 nitrogen and oxygen atoms in total. The van der Waals surface area contributed by atoms with Crippen LogP contribution in [-0.2, 0) is 0 Å². The minimum Gasteiger partial charge on any atom is -0.183 e. The van der Waals surface area contributed by atoms with Crippen LogP contribution >= 0.6 is 45.3 Å². The fourth-order valence-corrected chi connectivity index (χ4v) is 15.3. The molecule has 0 amide bonds. The van der Waals surface area contributed by atoms with Gasteiger partial charge in [-0.3, -0.25) is 0 Å². The van der Waals surface area contributed by atoms with Gasteiger partial charge in [-0.15, -0.1) is 45.3 Å². The molecule has 8 aromatic carbocycles. The summed E-state index contributed by atoms with van der Waals surface area (Å²) in [6.07, 6.45) is 7.71. The van der Waals surface area contributed by atoms with Crippen molar-refractivity contribution in [3.8, 4) is 41.6 Å². The molecule has 2 unspecified atom stereocenters. The Kier molecular flexibility index (Phi) is 13.1. The smallest absolute Gasteiger partial charge is 0.153 e. The number of fused-ring (bicyclic) bond motifs is 14. The molecule has 71 heavy (non-hydrogen) atoms. The normalized spacial score (nSPS) is 12.8. The number of hydrogen-bond acceptors (Lipinski definition) is 5. The largest absolute Gasteiger partial charge is 0.183 e. The highest BCUT2D eigenvalue weighted by molar-refractivity contribution is 7.37. The van der Waals surface area contributed by atoms with Gasteiger partial charge in [0.05, 0.1) is 18.8 Å². The standard InChI is InChI=1S/C34H36S2.C24H16S2.C8H3N/c1-5-7-9-21(3)23-11-13-25-17-29-31(19-27(25)15-23)35-34-30-18-26-14-12-24(22(4)10-8-6-2)16-28(26)20-32(30)36-33(29)34;1-13-3-5-15-9-19-21(11-17(15)7-13)25-24-20-10-16-6-4-14(2)8-18(16)12-22(20)26-23(19)24;1-2-3-4-5-6-7-8-9/h11-22H,5-10H2,1-4H3;3-12H,1-2H3;1H3/i;;1T2D. The van der Waals surface area contributed by atoms with E-state index in [-0.39, 0.29) is 0 Å². The summed E-state index contributed by atoms with van der Waals surface area (Å²) in [6.45, 7) is 11.4. The van der Waals surface area contributed by atoms with Gasteiger partial charge < -0.3 is 0 Å². The van der Waals surface area contributed by atoms with E-state index in [9.17, 15) is 0 Å². The second-order valence-corrected chi connectivity index (χ2v) is 23.2. The van der Waals surface area contributed by atoms with E-state index in [1.807, 2.05) is 57.2 Å². The van der Waals surface area contributed by atoms with E-state index in [1.54, 1.807) is 6.07 Å². The van der Waals surface area contributed by atoms with Crippen molar-refractivity contribution in [3.05, 3.63) is 144 Å². The Bertz CT molecular complexity index is 4140. The first-order chi connectivity index (χ1) is 35.8. The van der Waals surface area contributed by atoms with Crippen LogP contribution in [0, 0.1) is 60.7 Å². The zero-order chi connectivity index (χ0) is 51.7. The number of thiophene rings is 4. The van der Waals surface area contributed by atoms with Crippen molar-refractivity contribution in [2.24, 2.45) is 0 Å². The molecule has 0 aliphatic rings. The molecule has 0 N–H and O–H groups in total. The molecule has 4 heterocycles. The van der Waals surface area contributed by atoms with Gasteiger partial charge in [0.1, 0.15) is 0 Å². The predicted molar refractivity (Wildman–Crippen MR) is 319 cm³/mol. The van der Waals surface area contributed by atoms with Gasteiger partial charge in [0.25, 0.3) is 0 Å².